The van der Waals surface area contributed by atoms with Crippen molar-refractivity contribution in [2.75, 3.05) is 13.2 Å². The van der Waals surface area contributed by atoms with Gasteiger partial charge in [-0.1, -0.05) is 29.8 Å². The molecule has 0 saturated carbocycles. The van der Waals surface area contributed by atoms with E-state index in [-0.39, 0.29) is 12.5 Å². The number of hydrogen-bond acceptors (Lipinski definition) is 3. The van der Waals surface area contributed by atoms with Gasteiger partial charge in [-0.2, -0.15) is 0 Å². The summed E-state index contributed by atoms with van der Waals surface area (Å²) in [6.07, 6.45) is 3.53. The number of hydrogen-bond donors (Lipinski definition) is 2. The van der Waals surface area contributed by atoms with Crippen molar-refractivity contribution in [1.29, 1.82) is 0 Å². The van der Waals surface area contributed by atoms with E-state index in [2.05, 4.69) is 29.4 Å². The lowest BCUT2D eigenvalue weighted by Gasteiger charge is -2.19. The molecule has 3 nitrogen and oxygen atoms in total. The molecule has 2 N–H and O–H groups in total. The van der Waals surface area contributed by atoms with Crippen LogP contribution in [0.5, 0.6) is 0 Å². The van der Waals surface area contributed by atoms with Crippen molar-refractivity contribution in [3.8, 4) is 0 Å². The van der Waals surface area contributed by atoms with E-state index in [1.165, 1.54) is 5.56 Å². The Morgan fingerprint density at radius 1 is 1.14 bits per heavy atom. The normalized spacial score (nSPS) is 13.8. The van der Waals surface area contributed by atoms with Crippen LogP contribution >= 0.6 is 11.6 Å². The second-order valence-electron chi connectivity index (χ2n) is 5.71. The zero-order valence-electron chi connectivity index (χ0n) is 12.9. The number of pyridine rings is 1. The number of aliphatic hydroxyl groups is 1. The Balaban J connectivity index is 1.78. The molecule has 0 aliphatic carbocycles. The van der Waals surface area contributed by atoms with E-state index in [0.717, 1.165) is 30.1 Å². The summed E-state index contributed by atoms with van der Waals surface area (Å²) in [7, 11) is 0. The van der Waals surface area contributed by atoms with E-state index < -0.39 is 0 Å². The molecule has 0 amide bonds. The van der Waals surface area contributed by atoms with Gasteiger partial charge in [-0.15, -0.1) is 0 Å². The monoisotopic (exact) mass is 318 g/mol. The third-order valence-corrected chi connectivity index (χ3v) is 3.94. The molecule has 1 aromatic carbocycles. The molecule has 4 heteroatoms. The van der Waals surface area contributed by atoms with Crippen LogP contribution in [-0.2, 0) is 12.8 Å². The number of aliphatic hydroxyl groups excluding tert-OH is 1. The lowest BCUT2D eigenvalue weighted by atomic mass is 10.0. The molecule has 1 aromatic heterocycles. The van der Waals surface area contributed by atoms with Gasteiger partial charge in [-0.25, -0.2) is 0 Å². The number of nitrogens with one attached hydrogen (secondary N) is 1. The highest BCUT2D eigenvalue weighted by molar-refractivity contribution is 6.30. The van der Waals surface area contributed by atoms with Crippen LogP contribution in [0.25, 0.3) is 0 Å². The molecule has 0 spiro atoms. The first kappa shape index (κ1) is 16.9. The number of halogens is 1. The second kappa shape index (κ2) is 8.89. The maximum absolute atomic E-state index is 9.54. The Morgan fingerprint density at radius 2 is 1.91 bits per heavy atom. The van der Waals surface area contributed by atoms with Crippen molar-refractivity contribution < 1.29 is 5.11 Å². The quantitative estimate of drug-likeness (QED) is 0.786. The summed E-state index contributed by atoms with van der Waals surface area (Å²) >= 11 is 5.90. The average Bonchev–Trinajstić information content (AvgIpc) is 2.54. The molecular weight excluding hydrogens is 296 g/mol. The van der Waals surface area contributed by atoms with Crippen molar-refractivity contribution >= 4 is 11.6 Å². The fourth-order valence-electron chi connectivity index (χ4n) is 2.43. The molecule has 0 aliphatic heterocycles. The highest BCUT2D eigenvalue weighted by Gasteiger charge is 2.11. The Kier molecular flexibility index (Phi) is 6.84. The summed E-state index contributed by atoms with van der Waals surface area (Å²) in [6.45, 7) is 3.10. The summed E-state index contributed by atoms with van der Waals surface area (Å²) in [5, 5.41) is 13.8. The van der Waals surface area contributed by atoms with Crippen molar-refractivity contribution in [1.82, 2.24) is 10.3 Å². The third kappa shape index (κ3) is 5.76. The van der Waals surface area contributed by atoms with Crippen LogP contribution in [-0.4, -0.2) is 29.3 Å². The molecule has 1 heterocycles. The van der Waals surface area contributed by atoms with Gasteiger partial charge in [0.2, 0.25) is 0 Å². The highest BCUT2D eigenvalue weighted by Crippen LogP contribution is 2.11. The van der Waals surface area contributed by atoms with Gasteiger partial charge in [0.25, 0.3) is 0 Å². The van der Waals surface area contributed by atoms with Gasteiger partial charge in [0.1, 0.15) is 0 Å². The molecule has 0 radical (unpaired) electrons. The van der Waals surface area contributed by atoms with Crippen molar-refractivity contribution in [2.24, 2.45) is 5.92 Å². The Bertz CT molecular complexity index is 545. The van der Waals surface area contributed by atoms with Gasteiger partial charge < -0.3 is 10.4 Å². The fraction of sp³-hybridized carbons (Fsp3) is 0.389. The number of benzene rings is 1. The predicted molar refractivity (Wildman–Crippen MR) is 91.1 cm³/mol. The first-order valence-electron chi connectivity index (χ1n) is 7.66. The topological polar surface area (TPSA) is 45.1 Å². The van der Waals surface area contributed by atoms with Crippen LogP contribution in [0.2, 0.25) is 5.02 Å². The first-order valence-corrected chi connectivity index (χ1v) is 8.03. The minimum absolute atomic E-state index is 0.164. The van der Waals surface area contributed by atoms with Crippen molar-refractivity contribution in [3.05, 3.63) is 64.9 Å². The number of aromatic nitrogens is 1. The van der Waals surface area contributed by atoms with Crippen LogP contribution in [0.4, 0.5) is 0 Å². The second-order valence-corrected chi connectivity index (χ2v) is 6.15. The van der Waals surface area contributed by atoms with E-state index in [9.17, 15) is 5.11 Å². The summed E-state index contributed by atoms with van der Waals surface area (Å²) in [6, 6.07) is 14.2. The molecule has 2 aromatic rings. The molecule has 22 heavy (non-hydrogen) atoms. The fourth-order valence-corrected chi connectivity index (χ4v) is 2.56. The van der Waals surface area contributed by atoms with Gasteiger partial charge in [-0.05, 0) is 55.5 Å². The first-order chi connectivity index (χ1) is 10.7. The van der Waals surface area contributed by atoms with Gasteiger partial charge >= 0.3 is 0 Å². The molecule has 0 bridgehead atoms. The molecule has 0 saturated heterocycles. The zero-order chi connectivity index (χ0) is 15.8. The van der Waals surface area contributed by atoms with E-state index in [0.29, 0.717) is 6.04 Å². The Labute approximate surface area is 137 Å². The summed E-state index contributed by atoms with van der Waals surface area (Å²) < 4.78 is 0. The zero-order valence-corrected chi connectivity index (χ0v) is 13.6. The minimum atomic E-state index is 0.164. The lowest BCUT2D eigenvalue weighted by Crippen LogP contribution is -2.34. The molecule has 118 valence electrons. The number of rotatable bonds is 8. The lowest BCUT2D eigenvalue weighted by molar-refractivity contribution is 0.218. The minimum Gasteiger partial charge on any atom is -0.396 e. The molecule has 0 aliphatic rings. The maximum atomic E-state index is 9.54. The van der Waals surface area contributed by atoms with Crippen LogP contribution in [0.3, 0.4) is 0 Å². The van der Waals surface area contributed by atoms with Crippen LogP contribution in [0.15, 0.2) is 48.7 Å². The standard InChI is InChI=1S/C18H23ClN2O/c1-14(10-15-5-7-17(19)8-6-15)21-12-16(13-22)11-18-4-2-3-9-20-18/h2-9,14,16,21-22H,10-13H2,1H3. The van der Waals surface area contributed by atoms with Crippen LogP contribution in [0, 0.1) is 5.92 Å². The summed E-state index contributed by atoms with van der Waals surface area (Å²) in [5.41, 5.74) is 2.28. The van der Waals surface area contributed by atoms with Crippen LogP contribution in [0.1, 0.15) is 18.2 Å². The Hall–Kier alpha value is -1.42. The molecule has 0 fully saturated rings. The average molecular weight is 319 g/mol. The van der Waals surface area contributed by atoms with Gasteiger partial charge in [0.05, 0.1) is 0 Å². The SMILES string of the molecule is CC(Cc1ccc(Cl)cc1)NCC(CO)Cc1ccccn1. The van der Waals surface area contributed by atoms with E-state index in [4.69, 9.17) is 11.6 Å². The Morgan fingerprint density at radius 3 is 2.55 bits per heavy atom. The summed E-state index contributed by atoms with van der Waals surface area (Å²) in [5.74, 6) is 0.183. The smallest absolute Gasteiger partial charge is 0.0475 e. The molecule has 2 unspecified atom stereocenters. The molecule has 2 rings (SSSR count). The van der Waals surface area contributed by atoms with Gasteiger partial charge in [0.15, 0.2) is 0 Å². The van der Waals surface area contributed by atoms with Crippen molar-refractivity contribution in [3.63, 3.8) is 0 Å². The molecular formula is C18H23ClN2O. The van der Waals surface area contributed by atoms with E-state index >= 15 is 0 Å². The van der Waals surface area contributed by atoms with Gasteiger partial charge in [0, 0.05) is 36.1 Å². The van der Waals surface area contributed by atoms with Crippen LogP contribution < -0.4 is 5.32 Å². The predicted octanol–water partition coefficient (Wildman–Crippen LogP) is 3.11. The summed E-state index contributed by atoms with van der Waals surface area (Å²) in [4.78, 5) is 4.32. The largest absolute Gasteiger partial charge is 0.396 e. The van der Waals surface area contributed by atoms with Crippen molar-refractivity contribution in [2.45, 2.75) is 25.8 Å². The van der Waals surface area contributed by atoms with E-state index in [1.54, 1.807) is 6.20 Å². The van der Waals surface area contributed by atoms with E-state index in [1.807, 2.05) is 30.3 Å². The third-order valence-electron chi connectivity index (χ3n) is 3.69. The number of nitrogens with zero attached hydrogens (tertiary/aromatic N) is 1. The highest BCUT2D eigenvalue weighted by atomic mass is 35.5. The van der Waals surface area contributed by atoms with Gasteiger partial charge in [-0.3, -0.25) is 4.98 Å². The maximum Gasteiger partial charge on any atom is 0.0475 e. The molecule has 2 atom stereocenters.